The molecule has 0 aliphatic carbocycles. The molecule has 1 N–H and O–H groups in total. The molecule has 0 aromatic heterocycles. The number of nitrogens with one attached hydrogen (secondary N) is 1. The zero-order valence-electron chi connectivity index (χ0n) is 11.4. The molecular formula is C14H18N2O3S. The largest absolute Gasteiger partial charge is 0.381 e. The van der Waals surface area contributed by atoms with Crippen LogP contribution in [0.15, 0.2) is 29.2 Å². The van der Waals surface area contributed by atoms with E-state index in [0.717, 1.165) is 12.0 Å². The molecule has 5 nitrogen and oxygen atoms in total. The second-order valence-electron chi connectivity index (χ2n) is 5.01. The van der Waals surface area contributed by atoms with Crippen LogP contribution in [0.5, 0.6) is 0 Å². The van der Waals surface area contributed by atoms with E-state index >= 15 is 0 Å². The molecule has 1 aromatic carbocycles. The van der Waals surface area contributed by atoms with Crippen LogP contribution in [0.1, 0.15) is 18.9 Å². The van der Waals surface area contributed by atoms with Gasteiger partial charge in [-0.2, -0.15) is 5.26 Å². The summed E-state index contributed by atoms with van der Waals surface area (Å²) in [6, 6.07) is 8.29. The highest BCUT2D eigenvalue weighted by Crippen LogP contribution is 2.19. The van der Waals surface area contributed by atoms with Crippen LogP contribution < -0.4 is 4.72 Å². The first-order valence-corrected chi connectivity index (χ1v) is 8.07. The number of nitriles is 1. The Balaban J connectivity index is 2.07. The van der Waals surface area contributed by atoms with Crippen LogP contribution in [-0.2, 0) is 21.2 Å². The van der Waals surface area contributed by atoms with Gasteiger partial charge in [0.15, 0.2) is 0 Å². The van der Waals surface area contributed by atoms with Crippen LogP contribution >= 0.6 is 0 Å². The number of benzene rings is 1. The smallest absolute Gasteiger partial charge is 0.240 e. The van der Waals surface area contributed by atoms with Crippen molar-refractivity contribution >= 4 is 10.0 Å². The lowest BCUT2D eigenvalue weighted by atomic mass is 10.0. The van der Waals surface area contributed by atoms with Gasteiger partial charge in [0.1, 0.15) is 0 Å². The lowest BCUT2D eigenvalue weighted by Gasteiger charge is -2.19. The highest BCUT2D eigenvalue weighted by atomic mass is 32.2. The zero-order chi connectivity index (χ0) is 14.6. The maximum Gasteiger partial charge on any atom is 0.240 e. The Kier molecular flexibility index (Phi) is 4.76. The molecule has 0 bridgehead atoms. The summed E-state index contributed by atoms with van der Waals surface area (Å²) < 4.78 is 32.5. The van der Waals surface area contributed by atoms with Crippen LogP contribution in [0.25, 0.3) is 0 Å². The average molecular weight is 294 g/mol. The molecule has 108 valence electrons. The van der Waals surface area contributed by atoms with Gasteiger partial charge in [-0.05, 0) is 31.0 Å². The minimum atomic E-state index is -3.52. The van der Waals surface area contributed by atoms with Crippen molar-refractivity contribution < 1.29 is 13.2 Å². The summed E-state index contributed by atoms with van der Waals surface area (Å²) in [5.74, 6) is 0.225. The second-order valence-corrected chi connectivity index (χ2v) is 6.73. The molecule has 2 rings (SSSR count). The van der Waals surface area contributed by atoms with Gasteiger partial charge < -0.3 is 4.74 Å². The molecule has 2 unspecified atom stereocenters. The van der Waals surface area contributed by atoms with E-state index in [4.69, 9.17) is 10.00 Å². The predicted octanol–water partition coefficient (Wildman–Crippen LogP) is 1.46. The zero-order valence-corrected chi connectivity index (χ0v) is 12.2. The lowest BCUT2D eigenvalue weighted by molar-refractivity contribution is 0.180. The van der Waals surface area contributed by atoms with Crippen molar-refractivity contribution in [3.63, 3.8) is 0 Å². The van der Waals surface area contributed by atoms with Gasteiger partial charge in [0, 0.05) is 18.6 Å². The molecule has 0 saturated carbocycles. The number of hydrogen-bond acceptors (Lipinski definition) is 4. The summed E-state index contributed by atoms with van der Waals surface area (Å²) >= 11 is 0. The number of ether oxygens (including phenoxy) is 1. The van der Waals surface area contributed by atoms with Crippen molar-refractivity contribution in [2.24, 2.45) is 5.92 Å². The third kappa shape index (κ3) is 3.57. The highest BCUT2D eigenvalue weighted by Gasteiger charge is 2.26. The van der Waals surface area contributed by atoms with Gasteiger partial charge in [0.05, 0.1) is 24.0 Å². The van der Waals surface area contributed by atoms with Gasteiger partial charge in [-0.1, -0.05) is 12.1 Å². The summed E-state index contributed by atoms with van der Waals surface area (Å²) in [6.07, 6.45) is 1.16. The van der Waals surface area contributed by atoms with E-state index in [1.54, 1.807) is 12.1 Å². The third-order valence-corrected chi connectivity index (χ3v) is 5.10. The summed E-state index contributed by atoms with van der Waals surface area (Å²) in [5, 5.41) is 8.60. The van der Waals surface area contributed by atoms with Crippen LogP contribution in [-0.4, -0.2) is 27.7 Å². The van der Waals surface area contributed by atoms with E-state index in [2.05, 4.69) is 4.72 Å². The van der Waals surface area contributed by atoms with E-state index in [0.29, 0.717) is 13.2 Å². The first kappa shape index (κ1) is 15.0. The molecule has 0 radical (unpaired) electrons. The summed E-state index contributed by atoms with van der Waals surface area (Å²) in [4.78, 5) is 0.227. The van der Waals surface area contributed by atoms with E-state index in [9.17, 15) is 8.42 Å². The van der Waals surface area contributed by atoms with Gasteiger partial charge in [-0.25, -0.2) is 13.1 Å². The van der Waals surface area contributed by atoms with Crippen molar-refractivity contribution in [1.29, 1.82) is 5.26 Å². The molecule has 1 aliphatic heterocycles. The Morgan fingerprint density at radius 2 is 2.15 bits per heavy atom. The standard InChI is InChI=1S/C14H18N2O3S/c1-11(13-7-9-19-10-13)16-20(17,18)14-4-2-12(3-5-14)6-8-15/h2-5,11,13,16H,6-7,9-10H2,1H3. The summed E-state index contributed by atoms with van der Waals surface area (Å²) in [6.45, 7) is 3.16. The normalized spacial score (nSPS) is 20.5. The number of sulfonamides is 1. The topological polar surface area (TPSA) is 79.2 Å². The van der Waals surface area contributed by atoms with Crippen LogP contribution in [0.3, 0.4) is 0 Å². The lowest BCUT2D eigenvalue weighted by Crippen LogP contribution is -2.38. The molecule has 1 aromatic rings. The van der Waals surface area contributed by atoms with Crippen LogP contribution in [0.4, 0.5) is 0 Å². The summed E-state index contributed by atoms with van der Waals surface area (Å²) in [7, 11) is -3.52. The van der Waals surface area contributed by atoms with Crippen molar-refractivity contribution in [3.05, 3.63) is 29.8 Å². The minimum Gasteiger partial charge on any atom is -0.381 e. The molecule has 20 heavy (non-hydrogen) atoms. The fourth-order valence-corrected chi connectivity index (χ4v) is 3.55. The first-order chi connectivity index (χ1) is 9.53. The maximum atomic E-state index is 12.3. The number of hydrogen-bond donors (Lipinski definition) is 1. The molecule has 1 aliphatic rings. The Hall–Kier alpha value is -1.42. The van der Waals surface area contributed by atoms with E-state index < -0.39 is 10.0 Å². The molecule has 6 heteroatoms. The van der Waals surface area contributed by atoms with E-state index in [1.807, 2.05) is 13.0 Å². The fraction of sp³-hybridized carbons (Fsp3) is 0.500. The van der Waals surface area contributed by atoms with Crippen molar-refractivity contribution in [3.8, 4) is 6.07 Å². The molecule has 1 saturated heterocycles. The highest BCUT2D eigenvalue weighted by molar-refractivity contribution is 7.89. The maximum absolute atomic E-state index is 12.3. The minimum absolute atomic E-state index is 0.152. The average Bonchev–Trinajstić information content (AvgIpc) is 2.93. The number of nitrogens with zero attached hydrogens (tertiary/aromatic N) is 1. The summed E-state index contributed by atoms with van der Waals surface area (Å²) in [5.41, 5.74) is 0.809. The van der Waals surface area contributed by atoms with Gasteiger partial charge in [-0.3, -0.25) is 0 Å². The molecule has 1 heterocycles. The second kappa shape index (κ2) is 6.35. The number of rotatable bonds is 5. The molecule has 0 amide bonds. The van der Waals surface area contributed by atoms with Gasteiger partial charge in [0.2, 0.25) is 10.0 Å². The molecule has 1 fully saturated rings. The Bertz CT molecular complexity index is 584. The molecule has 0 spiro atoms. The van der Waals surface area contributed by atoms with Crippen molar-refractivity contribution in [2.75, 3.05) is 13.2 Å². The van der Waals surface area contributed by atoms with Crippen LogP contribution in [0.2, 0.25) is 0 Å². The van der Waals surface area contributed by atoms with Crippen molar-refractivity contribution in [1.82, 2.24) is 4.72 Å². The van der Waals surface area contributed by atoms with Gasteiger partial charge in [0.25, 0.3) is 0 Å². The van der Waals surface area contributed by atoms with Gasteiger partial charge >= 0.3 is 0 Å². The Labute approximate surface area is 119 Å². The fourth-order valence-electron chi connectivity index (χ4n) is 2.23. The SMILES string of the molecule is CC(NS(=O)(=O)c1ccc(CC#N)cc1)C1CCOC1. The van der Waals surface area contributed by atoms with E-state index in [1.165, 1.54) is 12.1 Å². The third-order valence-electron chi connectivity index (χ3n) is 3.53. The predicted molar refractivity (Wildman–Crippen MR) is 74.5 cm³/mol. The molecule has 2 atom stereocenters. The van der Waals surface area contributed by atoms with Crippen molar-refractivity contribution in [2.45, 2.75) is 30.7 Å². The van der Waals surface area contributed by atoms with Gasteiger partial charge in [-0.15, -0.1) is 0 Å². The monoisotopic (exact) mass is 294 g/mol. The Morgan fingerprint density at radius 3 is 2.70 bits per heavy atom. The first-order valence-electron chi connectivity index (χ1n) is 6.59. The van der Waals surface area contributed by atoms with E-state index in [-0.39, 0.29) is 23.3 Å². The Morgan fingerprint density at radius 1 is 1.45 bits per heavy atom. The van der Waals surface area contributed by atoms with Crippen LogP contribution in [0, 0.1) is 17.2 Å². The quantitative estimate of drug-likeness (QED) is 0.891. The molecular weight excluding hydrogens is 276 g/mol.